The molecule has 0 radical (unpaired) electrons. The number of rotatable bonds is 2. The molecule has 0 bridgehead atoms. The largest absolute Gasteiger partial charge is 0.310 e. The van der Waals surface area contributed by atoms with Crippen LogP contribution in [0.2, 0.25) is 0 Å². The zero-order valence-electron chi connectivity index (χ0n) is 10.6. The molecule has 1 aromatic heterocycles. The smallest absolute Gasteiger partial charge is 0.254 e. The Bertz CT molecular complexity index is 631. The quantitative estimate of drug-likeness (QED) is 0.877. The van der Waals surface area contributed by atoms with E-state index in [2.05, 4.69) is 16.9 Å². The summed E-state index contributed by atoms with van der Waals surface area (Å²) in [5.74, 6) is 1.91. The van der Waals surface area contributed by atoms with Gasteiger partial charge in [0.05, 0.1) is 5.69 Å². The van der Waals surface area contributed by atoms with Gasteiger partial charge in [-0.15, -0.1) is 0 Å². The van der Waals surface area contributed by atoms with Crippen LogP contribution in [-0.4, -0.2) is 9.97 Å². The van der Waals surface area contributed by atoms with Crippen molar-refractivity contribution in [3.8, 4) is 11.3 Å². The normalized spacial score (nSPS) is 21.9. The molecule has 1 aromatic carbocycles. The van der Waals surface area contributed by atoms with Crippen molar-refractivity contribution in [2.24, 2.45) is 5.92 Å². The van der Waals surface area contributed by atoms with Crippen LogP contribution in [-0.2, 0) is 0 Å². The highest BCUT2D eigenvalue weighted by Crippen LogP contribution is 2.45. The van der Waals surface area contributed by atoms with E-state index in [1.54, 1.807) is 0 Å². The van der Waals surface area contributed by atoms with Gasteiger partial charge in [-0.3, -0.25) is 4.79 Å². The lowest BCUT2D eigenvalue weighted by Gasteiger charge is -2.07. The number of hydrogen-bond acceptors (Lipinski definition) is 2. The van der Waals surface area contributed by atoms with Crippen LogP contribution >= 0.6 is 0 Å². The molecule has 1 aliphatic rings. The van der Waals surface area contributed by atoms with Crippen molar-refractivity contribution in [2.45, 2.75) is 26.2 Å². The molecule has 3 heteroatoms. The van der Waals surface area contributed by atoms with E-state index >= 15 is 0 Å². The molecule has 0 aliphatic heterocycles. The molecule has 1 fully saturated rings. The molecule has 1 N–H and O–H groups in total. The molecule has 2 unspecified atom stereocenters. The number of nitrogens with zero attached hydrogens (tertiary/aromatic N) is 1. The second-order valence-electron chi connectivity index (χ2n) is 5.11. The molecular weight excluding hydrogens is 224 g/mol. The van der Waals surface area contributed by atoms with Gasteiger partial charge in [0, 0.05) is 17.0 Å². The fourth-order valence-corrected chi connectivity index (χ4v) is 2.31. The third kappa shape index (κ3) is 1.86. The van der Waals surface area contributed by atoms with Crippen LogP contribution in [0.4, 0.5) is 0 Å². The van der Waals surface area contributed by atoms with Crippen LogP contribution in [0.3, 0.4) is 0 Å². The van der Waals surface area contributed by atoms with E-state index in [9.17, 15) is 4.79 Å². The van der Waals surface area contributed by atoms with Gasteiger partial charge >= 0.3 is 0 Å². The number of aromatic nitrogens is 2. The second kappa shape index (κ2) is 4.09. The third-order valence-electron chi connectivity index (χ3n) is 3.68. The lowest BCUT2D eigenvalue weighted by molar-refractivity contribution is 0.830. The molecule has 2 aromatic rings. The Balaban J connectivity index is 2.14. The van der Waals surface area contributed by atoms with Crippen molar-refractivity contribution < 1.29 is 0 Å². The first-order chi connectivity index (χ1) is 8.66. The lowest BCUT2D eigenvalue weighted by Crippen LogP contribution is -2.15. The predicted molar refractivity (Wildman–Crippen MR) is 71.6 cm³/mol. The van der Waals surface area contributed by atoms with Crippen LogP contribution in [0.5, 0.6) is 0 Å². The van der Waals surface area contributed by atoms with Crippen molar-refractivity contribution in [1.82, 2.24) is 9.97 Å². The molecule has 92 valence electrons. The maximum absolute atomic E-state index is 12.0. The number of H-pyrrole nitrogens is 1. The summed E-state index contributed by atoms with van der Waals surface area (Å²) in [5, 5.41) is 0. The van der Waals surface area contributed by atoms with E-state index in [0.717, 1.165) is 23.5 Å². The summed E-state index contributed by atoms with van der Waals surface area (Å²) in [7, 11) is 0. The number of hydrogen-bond donors (Lipinski definition) is 1. The molecule has 3 rings (SSSR count). The Kier molecular flexibility index (Phi) is 2.54. The van der Waals surface area contributed by atoms with Gasteiger partial charge in [-0.2, -0.15) is 0 Å². The van der Waals surface area contributed by atoms with Gasteiger partial charge in [-0.05, 0) is 19.3 Å². The lowest BCUT2D eigenvalue weighted by atomic mass is 10.1. The van der Waals surface area contributed by atoms with Gasteiger partial charge in [-0.25, -0.2) is 4.98 Å². The topological polar surface area (TPSA) is 45.8 Å². The second-order valence-corrected chi connectivity index (χ2v) is 5.11. The van der Waals surface area contributed by atoms with Gasteiger partial charge in [-0.1, -0.05) is 37.3 Å². The highest BCUT2D eigenvalue weighted by molar-refractivity contribution is 5.62. The fourth-order valence-electron chi connectivity index (χ4n) is 2.31. The molecule has 3 nitrogen and oxygen atoms in total. The Morgan fingerprint density at radius 1 is 1.28 bits per heavy atom. The Labute approximate surface area is 106 Å². The number of benzene rings is 1. The van der Waals surface area contributed by atoms with E-state index in [-0.39, 0.29) is 5.56 Å². The van der Waals surface area contributed by atoms with Crippen molar-refractivity contribution >= 4 is 0 Å². The average molecular weight is 240 g/mol. The molecule has 0 spiro atoms. The van der Waals surface area contributed by atoms with Crippen LogP contribution in [0, 0.1) is 12.8 Å². The van der Waals surface area contributed by atoms with Crippen molar-refractivity contribution in [3.63, 3.8) is 0 Å². The molecule has 1 saturated carbocycles. The first kappa shape index (κ1) is 11.2. The number of aromatic amines is 1. The minimum Gasteiger partial charge on any atom is -0.310 e. The average Bonchev–Trinajstić information content (AvgIpc) is 3.11. The maximum Gasteiger partial charge on any atom is 0.254 e. The van der Waals surface area contributed by atoms with E-state index in [1.807, 2.05) is 37.3 Å². The SMILES string of the molecule is Cc1c(-c2ccccc2)nc(C2CC2C)[nH]c1=O. The molecule has 0 saturated heterocycles. The highest BCUT2D eigenvalue weighted by atomic mass is 16.1. The highest BCUT2D eigenvalue weighted by Gasteiger charge is 2.36. The van der Waals surface area contributed by atoms with Gasteiger partial charge in [0.25, 0.3) is 5.56 Å². The monoisotopic (exact) mass is 240 g/mol. The van der Waals surface area contributed by atoms with Gasteiger partial charge < -0.3 is 4.98 Å². The van der Waals surface area contributed by atoms with Crippen LogP contribution in [0.25, 0.3) is 11.3 Å². The maximum atomic E-state index is 12.0. The van der Waals surface area contributed by atoms with Crippen molar-refractivity contribution in [2.75, 3.05) is 0 Å². The minimum atomic E-state index is -0.0158. The molecular formula is C15H16N2O. The molecule has 0 amide bonds. The first-order valence-electron chi connectivity index (χ1n) is 6.33. The zero-order valence-corrected chi connectivity index (χ0v) is 10.6. The Hall–Kier alpha value is -1.90. The van der Waals surface area contributed by atoms with E-state index < -0.39 is 0 Å². The predicted octanol–water partition coefficient (Wildman–Crippen LogP) is 2.87. The first-order valence-corrected chi connectivity index (χ1v) is 6.33. The summed E-state index contributed by atoms with van der Waals surface area (Å²) >= 11 is 0. The van der Waals surface area contributed by atoms with E-state index in [0.29, 0.717) is 17.4 Å². The van der Waals surface area contributed by atoms with Gasteiger partial charge in [0.1, 0.15) is 5.82 Å². The van der Waals surface area contributed by atoms with Crippen molar-refractivity contribution in [3.05, 3.63) is 52.1 Å². The zero-order chi connectivity index (χ0) is 12.7. The Morgan fingerprint density at radius 3 is 2.56 bits per heavy atom. The minimum absolute atomic E-state index is 0.0158. The van der Waals surface area contributed by atoms with Crippen molar-refractivity contribution in [1.29, 1.82) is 0 Å². The molecule has 18 heavy (non-hydrogen) atoms. The van der Waals surface area contributed by atoms with E-state index in [1.165, 1.54) is 0 Å². The molecule has 1 heterocycles. The van der Waals surface area contributed by atoms with Crippen LogP contribution in [0.1, 0.15) is 30.7 Å². The van der Waals surface area contributed by atoms with E-state index in [4.69, 9.17) is 0 Å². The standard InChI is InChI=1S/C15H16N2O/c1-9-8-12(9)14-16-13(10(2)15(18)17-14)11-6-4-3-5-7-11/h3-7,9,12H,8H2,1-2H3,(H,16,17,18). The summed E-state index contributed by atoms with van der Waals surface area (Å²) in [6.45, 7) is 4.01. The van der Waals surface area contributed by atoms with Crippen LogP contribution in [0.15, 0.2) is 35.1 Å². The Morgan fingerprint density at radius 2 is 1.94 bits per heavy atom. The third-order valence-corrected chi connectivity index (χ3v) is 3.68. The molecule has 1 aliphatic carbocycles. The fraction of sp³-hybridized carbons (Fsp3) is 0.333. The summed E-state index contributed by atoms with van der Waals surface area (Å²) < 4.78 is 0. The molecule has 2 atom stereocenters. The van der Waals surface area contributed by atoms with Gasteiger partial charge in [0.2, 0.25) is 0 Å². The summed E-state index contributed by atoms with van der Waals surface area (Å²) in [6.07, 6.45) is 1.13. The summed E-state index contributed by atoms with van der Waals surface area (Å²) in [4.78, 5) is 19.5. The van der Waals surface area contributed by atoms with Gasteiger partial charge in [0.15, 0.2) is 0 Å². The number of nitrogens with one attached hydrogen (secondary N) is 1. The van der Waals surface area contributed by atoms with Crippen LogP contribution < -0.4 is 5.56 Å². The summed E-state index contributed by atoms with van der Waals surface area (Å²) in [5.41, 5.74) is 2.50. The summed E-state index contributed by atoms with van der Waals surface area (Å²) in [6, 6.07) is 9.90.